The second-order valence-corrected chi connectivity index (χ2v) is 5.52. The van der Waals surface area contributed by atoms with Gasteiger partial charge in [0.05, 0.1) is 6.54 Å². The van der Waals surface area contributed by atoms with Gasteiger partial charge in [0.2, 0.25) is 11.8 Å². The zero-order chi connectivity index (χ0) is 15.2. The van der Waals surface area contributed by atoms with E-state index in [0.717, 1.165) is 45.0 Å². The molecule has 21 heavy (non-hydrogen) atoms. The van der Waals surface area contributed by atoms with Crippen LogP contribution in [0.3, 0.4) is 0 Å². The molecule has 7 heteroatoms. The van der Waals surface area contributed by atoms with E-state index in [2.05, 4.69) is 20.4 Å². The molecule has 1 unspecified atom stereocenters. The van der Waals surface area contributed by atoms with Crippen LogP contribution >= 0.6 is 0 Å². The first kappa shape index (κ1) is 15.9. The predicted molar refractivity (Wildman–Crippen MR) is 78.6 cm³/mol. The smallest absolute Gasteiger partial charge is 0.226 e. The summed E-state index contributed by atoms with van der Waals surface area (Å²) in [6.45, 7) is 8.63. The molecule has 1 fully saturated rings. The molecule has 7 nitrogen and oxygen atoms in total. The average molecular weight is 295 g/mol. The number of nitrogens with one attached hydrogen (secondary N) is 1. The highest BCUT2D eigenvalue weighted by Gasteiger charge is 2.25. The van der Waals surface area contributed by atoms with Gasteiger partial charge in [0.25, 0.3) is 0 Å². The first-order valence-corrected chi connectivity index (χ1v) is 7.61. The fourth-order valence-corrected chi connectivity index (χ4v) is 2.53. The van der Waals surface area contributed by atoms with Crippen LogP contribution < -0.4 is 5.32 Å². The van der Waals surface area contributed by atoms with Gasteiger partial charge in [-0.1, -0.05) is 19.0 Å². The highest BCUT2D eigenvalue weighted by molar-refractivity contribution is 5.78. The summed E-state index contributed by atoms with van der Waals surface area (Å²) in [6, 6.07) is 0. The summed E-state index contributed by atoms with van der Waals surface area (Å²) >= 11 is 0. The lowest BCUT2D eigenvalue weighted by molar-refractivity contribution is -0.136. The van der Waals surface area contributed by atoms with Gasteiger partial charge >= 0.3 is 0 Å². The van der Waals surface area contributed by atoms with Crippen molar-refractivity contribution in [3.63, 3.8) is 0 Å². The van der Waals surface area contributed by atoms with Crippen molar-refractivity contribution in [2.24, 2.45) is 5.92 Å². The summed E-state index contributed by atoms with van der Waals surface area (Å²) < 4.78 is 5.11. The lowest BCUT2D eigenvalue weighted by atomic mass is 10.1. The van der Waals surface area contributed by atoms with Gasteiger partial charge in [0, 0.05) is 45.1 Å². The Hall–Kier alpha value is -1.47. The molecule has 0 aliphatic carbocycles. The Morgan fingerprint density at radius 2 is 2.10 bits per heavy atom. The maximum absolute atomic E-state index is 12.2. The third kappa shape index (κ3) is 4.25. The number of aryl methyl sites for hydroxylation is 1. The maximum Gasteiger partial charge on any atom is 0.226 e. The first-order valence-electron chi connectivity index (χ1n) is 7.61. The molecule has 0 spiro atoms. The molecule has 1 aromatic rings. The summed E-state index contributed by atoms with van der Waals surface area (Å²) in [5.74, 6) is 1.68. The van der Waals surface area contributed by atoms with Gasteiger partial charge < -0.3 is 14.7 Å². The minimum Gasteiger partial charge on any atom is -0.340 e. The molecule has 0 aromatic carbocycles. The molecule has 118 valence electrons. The fourth-order valence-electron chi connectivity index (χ4n) is 2.53. The van der Waals surface area contributed by atoms with Crippen molar-refractivity contribution in [2.45, 2.75) is 26.8 Å². The van der Waals surface area contributed by atoms with E-state index in [-0.39, 0.29) is 11.8 Å². The van der Waals surface area contributed by atoms with E-state index in [1.807, 2.05) is 25.8 Å². The number of hydrogen-bond acceptors (Lipinski definition) is 6. The van der Waals surface area contributed by atoms with E-state index in [4.69, 9.17) is 4.52 Å². The van der Waals surface area contributed by atoms with Crippen LogP contribution in [0.15, 0.2) is 4.52 Å². The summed E-state index contributed by atoms with van der Waals surface area (Å²) in [4.78, 5) is 20.8. The van der Waals surface area contributed by atoms with Crippen molar-refractivity contribution in [3.8, 4) is 0 Å². The Balaban J connectivity index is 1.79. The Kier molecular flexibility index (Phi) is 5.69. The van der Waals surface area contributed by atoms with Crippen LogP contribution in [0.4, 0.5) is 0 Å². The molecule has 2 rings (SSSR count). The van der Waals surface area contributed by atoms with E-state index >= 15 is 0 Å². The summed E-state index contributed by atoms with van der Waals surface area (Å²) in [6.07, 6.45) is 0.763. The van der Waals surface area contributed by atoms with Crippen LogP contribution in [0.1, 0.15) is 25.6 Å². The number of nitrogens with zero attached hydrogens (tertiary/aromatic N) is 4. The van der Waals surface area contributed by atoms with E-state index in [1.54, 1.807) is 0 Å². The summed E-state index contributed by atoms with van der Waals surface area (Å²) in [5.41, 5.74) is 0. The number of carbonyl (C=O) groups excluding carboxylic acids is 1. The van der Waals surface area contributed by atoms with Gasteiger partial charge in [0.1, 0.15) is 0 Å². The Bertz CT molecular complexity index is 454. The number of aromatic nitrogens is 2. The Morgan fingerprint density at radius 1 is 1.38 bits per heavy atom. The van der Waals surface area contributed by atoms with E-state index < -0.39 is 0 Å². The van der Waals surface area contributed by atoms with Crippen LogP contribution in [0, 0.1) is 5.92 Å². The lowest BCUT2D eigenvalue weighted by Gasteiger charge is -2.35. The number of rotatable bonds is 6. The molecule has 0 saturated carbocycles. The number of hydrogen-bond donors (Lipinski definition) is 1. The molecule has 1 N–H and O–H groups in total. The average Bonchev–Trinajstić information content (AvgIpc) is 2.95. The number of carbonyl (C=O) groups is 1. The molecule has 1 atom stereocenters. The Labute approximate surface area is 125 Å². The van der Waals surface area contributed by atoms with Crippen molar-refractivity contribution >= 4 is 5.91 Å². The van der Waals surface area contributed by atoms with Crippen molar-refractivity contribution in [1.29, 1.82) is 0 Å². The van der Waals surface area contributed by atoms with Crippen LogP contribution in [0.25, 0.3) is 0 Å². The maximum atomic E-state index is 12.2. The van der Waals surface area contributed by atoms with Crippen LogP contribution in [-0.2, 0) is 17.8 Å². The minimum atomic E-state index is 0.0332. The van der Waals surface area contributed by atoms with Crippen LogP contribution in [-0.4, -0.2) is 65.6 Å². The van der Waals surface area contributed by atoms with Crippen molar-refractivity contribution in [2.75, 3.05) is 39.8 Å². The molecule has 1 aliphatic heterocycles. The van der Waals surface area contributed by atoms with Gasteiger partial charge in [-0.15, -0.1) is 0 Å². The highest BCUT2D eigenvalue weighted by atomic mass is 16.5. The standard InChI is InChI=1S/C14H25N5O2/c1-4-13-16-12(17-21-13)10-18-5-7-19(8-6-18)14(20)11(2)9-15-3/h11,15H,4-10H2,1-3H3. The van der Waals surface area contributed by atoms with Crippen molar-refractivity contribution in [1.82, 2.24) is 25.3 Å². The zero-order valence-corrected chi connectivity index (χ0v) is 13.1. The van der Waals surface area contributed by atoms with Gasteiger partial charge in [-0.2, -0.15) is 4.98 Å². The molecule has 0 radical (unpaired) electrons. The summed E-state index contributed by atoms with van der Waals surface area (Å²) in [5, 5.41) is 7.02. The molecule has 1 saturated heterocycles. The molecule has 1 aliphatic rings. The Morgan fingerprint density at radius 3 is 2.67 bits per heavy atom. The van der Waals surface area contributed by atoms with Crippen LogP contribution in [0.5, 0.6) is 0 Å². The lowest BCUT2D eigenvalue weighted by Crippen LogP contribution is -2.50. The minimum absolute atomic E-state index is 0.0332. The predicted octanol–water partition coefficient (Wildman–Crippen LogP) is 0.132. The zero-order valence-electron chi connectivity index (χ0n) is 13.1. The topological polar surface area (TPSA) is 74.5 Å². The van der Waals surface area contributed by atoms with Crippen molar-refractivity contribution < 1.29 is 9.32 Å². The molecule has 1 amide bonds. The van der Waals surface area contributed by atoms with Gasteiger partial charge in [-0.3, -0.25) is 9.69 Å². The number of piperazine rings is 1. The highest BCUT2D eigenvalue weighted by Crippen LogP contribution is 2.10. The summed E-state index contributed by atoms with van der Waals surface area (Å²) in [7, 11) is 1.87. The normalized spacial score (nSPS) is 18.0. The third-order valence-electron chi connectivity index (χ3n) is 3.79. The fraction of sp³-hybridized carbons (Fsp3) is 0.786. The van der Waals surface area contributed by atoms with E-state index in [9.17, 15) is 4.79 Å². The molecule has 0 bridgehead atoms. The molecular formula is C14H25N5O2. The monoisotopic (exact) mass is 295 g/mol. The van der Waals surface area contributed by atoms with Gasteiger partial charge in [-0.05, 0) is 7.05 Å². The quantitative estimate of drug-likeness (QED) is 0.804. The second-order valence-electron chi connectivity index (χ2n) is 5.52. The van der Waals surface area contributed by atoms with Crippen LogP contribution in [0.2, 0.25) is 0 Å². The van der Waals surface area contributed by atoms with Gasteiger partial charge in [0.15, 0.2) is 5.82 Å². The molecule has 1 aromatic heterocycles. The number of amides is 1. The first-order chi connectivity index (χ1) is 10.1. The third-order valence-corrected chi connectivity index (χ3v) is 3.79. The van der Waals surface area contributed by atoms with E-state index in [1.165, 1.54) is 0 Å². The largest absolute Gasteiger partial charge is 0.340 e. The van der Waals surface area contributed by atoms with E-state index in [0.29, 0.717) is 12.4 Å². The second kappa shape index (κ2) is 7.51. The van der Waals surface area contributed by atoms with Gasteiger partial charge in [-0.25, -0.2) is 0 Å². The molecular weight excluding hydrogens is 270 g/mol. The van der Waals surface area contributed by atoms with Crippen molar-refractivity contribution in [3.05, 3.63) is 11.7 Å². The molecule has 2 heterocycles. The SMILES string of the molecule is CCc1nc(CN2CCN(C(=O)C(C)CNC)CC2)no1.